The lowest BCUT2D eigenvalue weighted by molar-refractivity contribution is 0.415. The molecule has 1 aliphatic rings. The van der Waals surface area contributed by atoms with Gasteiger partial charge in [0.2, 0.25) is 0 Å². The van der Waals surface area contributed by atoms with E-state index in [2.05, 4.69) is 51.9 Å². The number of rotatable bonds is 8. The molecule has 0 bridgehead atoms. The van der Waals surface area contributed by atoms with Crippen molar-refractivity contribution in [2.75, 3.05) is 52.3 Å². The van der Waals surface area contributed by atoms with Crippen molar-refractivity contribution in [1.29, 1.82) is 0 Å². The molecule has 1 aromatic carbocycles. The van der Waals surface area contributed by atoms with Gasteiger partial charge in [0.05, 0.1) is 7.11 Å². The predicted molar refractivity (Wildman–Crippen MR) is 122 cm³/mol. The van der Waals surface area contributed by atoms with Crippen LogP contribution in [0.1, 0.15) is 19.3 Å². The zero-order valence-electron chi connectivity index (χ0n) is 16.3. The Morgan fingerprint density at radius 1 is 1.50 bits per heavy atom. The summed E-state index contributed by atoms with van der Waals surface area (Å²) in [5, 5.41) is 3.53. The number of methoxy groups -OCH3 is 1. The highest BCUT2D eigenvalue weighted by Gasteiger charge is 2.23. The lowest BCUT2D eigenvalue weighted by Crippen LogP contribution is -2.41. The fraction of sp³-hybridized carbons (Fsp3) is 0.550. The molecule has 1 N–H and O–H groups in total. The average molecular weight is 472 g/mol. The molecule has 1 saturated heterocycles. The number of ether oxygens (including phenoxy) is 1. The fourth-order valence-corrected chi connectivity index (χ4v) is 3.24. The van der Waals surface area contributed by atoms with E-state index in [0.717, 1.165) is 50.7 Å². The first-order valence-electron chi connectivity index (χ1n) is 9.09. The van der Waals surface area contributed by atoms with Crippen LogP contribution in [0.3, 0.4) is 0 Å². The second-order valence-electron chi connectivity index (χ2n) is 6.58. The summed E-state index contributed by atoms with van der Waals surface area (Å²) in [6.07, 6.45) is 5.31. The molecule has 0 aromatic heterocycles. The first kappa shape index (κ1) is 22.6. The number of nitrogens with one attached hydrogen (secondary N) is 1. The van der Waals surface area contributed by atoms with Crippen LogP contribution in [-0.4, -0.2) is 58.2 Å². The summed E-state index contributed by atoms with van der Waals surface area (Å²) in [5.74, 6) is 2.52. The Kier molecular flexibility index (Phi) is 10.5. The summed E-state index contributed by atoms with van der Waals surface area (Å²) in [6, 6.07) is 8.32. The smallest absolute Gasteiger partial charge is 0.193 e. The molecule has 2 rings (SSSR count). The molecule has 1 atom stereocenters. The average Bonchev–Trinajstić information content (AvgIpc) is 3.11. The van der Waals surface area contributed by atoms with Gasteiger partial charge in [-0.1, -0.05) is 12.1 Å². The van der Waals surface area contributed by atoms with Crippen LogP contribution in [0.4, 0.5) is 5.69 Å². The Balaban J connectivity index is 0.00000338. The Bertz CT molecular complexity index is 579. The monoisotopic (exact) mass is 472 g/mol. The van der Waals surface area contributed by atoms with Crippen molar-refractivity contribution in [3.05, 3.63) is 36.9 Å². The Labute approximate surface area is 175 Å². The highest BCUT2D eigenvalue weighted by Crippen LogP contribution is 2.26. The van der Waals surface area contributed by atoms with Crippen molar-refractivity contribution in [3.63, 3.8) is 0 Å². The van der Waals surface area contributed by atoms with Crippen LogP contribution in [0.5, 0.6) is 5.75 Å². The van der Waals surface area contributed by atoms with E-state index in [4.69, 9.17) is 4.74 Å². The maximum Gasteiger partial charge on any atom is 0.193 e. The zero-order chi connectivity index (χ0) is 18.1. The van der Waals surface area contributed by atoms with Crippen LogP contribution in [0, 0.1) is 5.92 Å². The first-order valence-corrected chi connectivity index (χ1v) is 9.09. The molecule has 0 amide bonds. The van der Waals surface area contributed by atoms with Crippen LogP contribution < -0.4 is 15.0 Å². The van der Waals surface area contributed by atoms with Gasteiger partial charge in [-0.3, -0.25) is 4.99 Å². The Morgan fingerprint density at radius 2 is 2.31 bits per heavy atom. The maximum atomic E-state index is 5.33. The summed E-state index contributed by atoms with van der Waals surface area (Å²) in [4.78, 5) is 9.03. The number of hydrogen-bond donors (Lipinski definition) is 1. The Hall–Kier alpha value is -1.44. The minimum Gasteiger partial charge on any atom is -0.497 e. The summed E-state index contributed by atoms with van der Waals surface area (Å²) in [6.45, 7) is 7.88. The molecule has 1 fully saturated rings. The molecule has 0 radical (unpaired) electrons. The molecule has 6 heteroatoms. The SMILES string of the molecule is C=CCCCN(C)C(=NC)NCC1CCN(c2cccc(OC)c2)C1.I. The molecule has 0 aliphatic carbocycles. The summed E-state index contributed by atoms with van der Waals surface area (Å²) < 4.78 is 5.33. The van der Waals surface area contributed by atoms with E-state index in [0.29, 0.717) is 5.92 Å². The van der Waals surface area contributed by atoms with Gasteiger partial charge in [0.1, 0.15) is 5.75 Å². The molecular formula is C20H33IN4O. The van der Waals surface area contributed by atoms with Crippen molar-refractivity contribution in [2.24, 2.45) is 10.9 Å². The van der Waals surface area contributed by atoms with Crippen molar-refractivity contribution in [1.82, 2.24) is 10.2 Å². The molecule has 1 aliphatic heterocycles. The van der Waals surface area contributed by atoms with Crippen LogP contribution in [-0.2, 0) is 0 Å². The van der Waals surface area contributed by atoms with Gasteiger partial charge in [-0.25, -0.2) is 0 Å². The largest absolute Gasteiger partial charge is 0.497 e. The third-order valence-electron chi connectivity index (χ3n) is 4.73. The number of guanidine groups is 1. The molecule has 146 valence electrons. The Morgan fingerprint density at radius 3 is 3.00 bits per heavy atom. The second kappa shape index (κ2) is 12.0. The van der Waals surface area contributed by atoms with Crippen molar-refractivity contribution >= 4 is 35.6 Å². The van der Waals surface area contributed by atoms with Gasteiger partial charge >= 0.3 is 0 Å². The molecule has 0 spiro atoms. The van der Waals surface area contributed by atoms with Gasteiger partial charge < -0.3 is 19.9 Å². The third kappa shape index (κ3) is 6.70. The number of benzene rings is 1. The highest BCUT2D eigenvalue weighted by molar-refractivity contribution is 14.0. The van der Waals surface area contributed by atoms with Gasteiger partial charge in [-0.15, -0.1) is 30.6 Å². The van der Waals surface area contributed by atoms with Crippen LogP contribution in [0.25, 0.3) is 0 Å². The number of aliphatic imine (C=N–C) groups is 1. The van der Waals surface area contributed by atoms with E-state index in [-0.39, 0.29) is 24.0 Å². The van der Waals surface area contributed by atoms with Crippen LogP contribution in [0.2, 0.25) is 0 Å². The lowest BCUT2D eigenvalue weighted by Gasteiger charge is -2.24. The van der Waals surface area contributed by atoms with Crippen molar-refractivity contribution in [3.8, 4) is 5.75 Å². The highest BCUT2D eigenvalue weighted by atomic mass is 127. The molecular weight excluding hydrogens is 439 g/mol. The number of unbranched alkanes of at least 4 members (excludes halogenated alkanes) is 1. The quantitative estimate of drug-likeness (QED) is 0.206. The van der Waals surface area contributed by atoms with Gasteiger partial charge in [0.25, 0.3) is 0 Å². The topological polar surface area (TPSA) is 40.1 Å². The van der Waals surface area contributed by atoms with Gasteiger partial charge in [0, 0.05) is 52.0 Å². The van der Waals surface area contributed by atoms with Crippen molar-refractivity contribution < 1.29 is 4.74 Å². The van der Waals surface area contributed by atoms with E-state index in [1.807, 2.05) is 19.2 Å². The number of allylic oxidation sites excluding steroid dienone is 1. The lowest BCUT2D eigenvalue weighted by atomic mass is 10.1. The van der Waals surface area contributed by atoms with E-state index in [9.17, 15) is 0 Å². The second-order valence-corrected chi connectivity index (χ2v) is 6.58. The predicted octanol–water partition coefficient (Wildman–Crippen LogP) is 3.61. The summed E-state index contributed by atoms with van der Waals surface area (Å²) >= 11 is 0. The minimum atomic E-state index is 0. The van der Waals surface area contributed by atoms with E-state index < -0.39 is 0 Å². The summed E-state index contributed by atoms with van der Waals surface area (Å²) in [7, 11) is 5.66. The molecule has 1 aromatic rings. The maximum absolute atomic E-state index is 5.33. The number of halogens is 1. The molecule has 5 nitrogen and oxygen atoms in total. The first-order chi connectivity index (χ1) is 12.2. The zero-order valence-corrected chi connectivity index (χ0v) is 18.6. The number of hydrogen-bond acceptors (Lipinski definition) is 3. The molecule has 1 unspecified atom stereocenters. The van der Waals surface area contributed by atoms with E-state index in [1.54, 1.807) is 7.11 Å². The van der Waals surface area contributed by atoms with Gasteiger partial charge in [-0.2, -0.15) is 0 Å². The third-order valence-corrected chi connectivity index (χ3v) is 4.73. The molecule has 26 heavy (non-hydrogen) atoms. The number of anilines is 1. The number of nitrogens with zero attached hydrogens (tertiary/aromatic N) is 3. The van der Waals surface area contributed by atoms with Gasteiger partial charge in [0.15, 0.2) is 5.96 Å². The summed E-state index contributed by atoms with van der Waals surface area (Å²) in [5.41, 5.74) is 1.24. The van der Waals surface area contributed by atoms with E-state index >= 15 is 0 Å². The molecule has 1 heterocycles. The van der Waals surface area contributed by atoms with Gasteiger partial charge in [-0.05, 0) is 37.3 Å². The fourth-order valence-electron chi connectivity index (χ4n) is 3.24. The molecule has 0 saturated carbocycles. The van der Waals surface area contributed by atoms with E-state index in [1.165, 1.54) is 12.1 Å². The van der Waals surface area contributed by atoms with Crippen LogP contribution >= 0.6 is 24.0 Å². The van der Waals surface area contributed by atoms with Crippen LogP contribution in [0.15, 0.2) is 41.9 Å². The standard InChI is InChI=1S/C20H32N4O.HI/c1-5-6-7-12-23(3)20(21-2)22-15-17-11-13-24(16-17)18-9-8-10-19(14-18)25-4;/h5,8-10,14,17H,1,6-7,11-13,15-16H2,2-4H3,(H,21,22);1H. The van der Waals surface area contributed by atoms with Crippen molar-refractivity contribution in [2.45, 2.75) is 19.3 Å². The minimum absolute atomic E-state index is 0. The normalized spacial score (nSPS) is 16.8.